The van der Waals surface area contributed by atoms with Crippen LogP contribution in [0.25, 0.3) is 0 Å². The monoisotopic (exact) mass is 329 g/mol. The SMILES string of the molecule is Cc1cnn(C(C)C(C)NCC(=O)Nc2oc(C)c(C)c2C#N)c1. The summed E-state index contributed by atoms with van der Waals surface area (Å²) in [6, 6.07) is 2.21. The maximum absolute atomic E-state index is 12.1. The second kappa shape index (κ2) is 7.32. The first-order chi connectivity index (χ1) is 11.3. The fraction of sp³-hybridized carbons (Fsp3) is 0.471. The number of amides is 1. The lowest BCUT2D eigenvalue weighted by Gasteiger charge is -2.21. The van der Waals surface area contributed by atoms with Crippen molar-refractivity contribution >= 4 is 11.8 Å². The van der Waals surface area contributed by atoms with Gasteiger partial charge in [-0.1, -0.05) is 0 Å². The van der Waals surface area contributed by atoms with Crippen molar-refractivity contribution in [2.24, 2.45) is 0 Å². The Morgan fingerprint density at radius 3 is 2.71 bits per heavy atom. The van der Waals surface area contributed by atoms with Crippen LogP contribution >= 0.6 is 0 Å². The van der Waals surface area contributed by atoms with Crippen molar-refractivity contribution in [1.82, 2.24) is 15.1 Å². The van der Waals surface area contributed by atoms with E-state index in [2.05, 4.69) is 21.8 Å². The highest BCUT2D eigenvalue weighted by molar-refractivity contribution is 5.92. The van der Waals surface area contributed by atoms with Gasteiger partial charge < -0.3 is 9.73 Å². The molecule has 24 heavy (non-hydrogen) atoms. The molecule has 0 saturated carbocycles. The van der Waals surface area contributed by atoms with Crippen molar-refractivity contribution in [3.8, 4) is 6.07 Å². The number of furan rings is 1. The van der Waals surface area contributed by atoms with Gasteiger partial charge in [0, 0.05) is 17.8 Å². The third kappa shape index (κ3) is 3.84. The number of aryl methyl sites for hydroxylation is 2. The topological polar surface area (TPSA) is 95.9 Å². The van der Waals surface area contributed by atoms with Gasteiger partial charge in [0.2, 0.25) is 11.8 Å². The Morgan fingerprint density at radius 2 is 2.12 bits per heavy atom. The number of hydrogen-bond acceptors (Lipinski definition) is 5. The summed E-state index contributed by atoms with van der Waals surface area (Å²) >= 11 is 0. The maximum Gasteiger partial charge on any atom is 0.240 e. The molecule has 128 valence electrons. The van der Waals surface area contributed by atoms with Crippen LogP contribution < -0.4 is 10.6 Å². The molecule has 2 heterocycles. The number of hydrogen-bond donors (Lipinski definition) is 2. The van der Waals surface area contributed by atoms with E-state index >= 15 is 0 Å². The number of anilines is 1. The van der Waals surface area contributed by atoms with Crippen LogP contribution in [0.15, 0.2) is 16.8 Å². The van der Waals surface area contributed by atoms with Crippen LogP contribution in [0.4, 0.5) is 5.88 Å². The van der Waals surface area contributed by atoms with Crippen molar-refractivity contribution in [3.63, 3.8) is 0 Å². The Hall–Kier alpha value is -2.59. The second-order valence-corrected chi connectivity index (χ2v) is 6.06. The van der Waals surface area contributed by atoms with Crippen molar-refractivity contribution in [1.29, 1.82) is 5.26 Å². The number of nitrogens with one attached hydrogen (secondary N) is 2. The maximum atomic E-state index is 12.1. The number of aromatic nitrogens is 2. The van der Waals surface area contributed by atoms with E-state index in [1.54, 1.807) is 20.0 Å². The molecule has 2 rings (SSSR count). The van der Waals surface area contributed by atoms with Gasteiger partial charge in [0.15, 0.2) is 0 Å². The molecule has 0 aliphatic carbocycles. The van der Waals surface area contributed by atoms with E-state index in [9.17, 15) is 4.79 Å². The Labute approximate surface area is 141 Å². The minimum Gasteiger partial charge on any atom is -0.444 e. The molecule has 2 atom stereocenters. The lowest BCUT2D eigenvalue weighted by molar-refractivity contribution is -0.115. The van der Waals surface area contributed by atoms with Crippen LogP contribution in [0, 0.1) is 32.1 Å². The lowest BCUT2D eigenvalue weighted by Crippen LogP contribution is -2.39. The van der Waals surface area contributed by atoms with Crippen LogP contribution in [-0.2, 0) is 4.79 Å². The van der Waals surface area contributed by atoms with Crippen LogP contribution in [-0.4, -0.2) is 28.3 Å². The molecule has 2 unspecified atom stereocenters. The first kappa shape index (κ1) is 17.8. The number of rotatable bonds is 6. The standard InChI is InChI=1S/C17H23N5O2/c1-10-7-20-22(9-10)13(4)12(3)19-8-16(23)21-17-15(6-18)11(2)14(5)24-17/h7,9,12-13,19H,8H2,1-5H3,(H,21,23). The Bertz CT molecular complexity index is 769. The van der Waals surface area contributed by atoms with Gasteiger partial charge in [-0.05, 0) is 40.2 Å². The molecule has 0 bridgehead atoms. The largest absolute Gasteiger partial charge is 0.444 e. The minimum absolute atomic E-state index is 0.0468. The van der Waals surface area contributed by atoms with Crippen LogP contribution in [0.2, 0.25) is 0 Å². The number of carbonyl (C=O) groups is 1. The van der Waals surface area contributed by atoms with Gasteiger partial charge in [-0.15, -0.1) is 0 Å². The van der Waals surface area contributed by atoms with Crippen LogP contribution in [0.5, 0.6) is 0 Å². The molecule has 0 aliphatic rings. The normalized spacial score (nSPS) is 13.3. The van der Waals surface area contributed by atoms with Crippen molar-refractivity contribution < 1.29 is 9.21 Å². The van der Waals surface area contributed by atoms with Gasteiger partial charge in [0.1, 0.15) is 17.4 Å². The van der Waals surface area contributed by atoms with Crippen molar-refractivity contribution in [2.45, 2.75) is 46.7 Å². The molecule has 0 radical (unpaired) electrons. The van der Waals surface area contributed by atoms with E-state index < -0.39 is 0 Å². The Morgan fingerprint density at radius 1 is 1.42 bits per heavy atom. The summed E-state index contributed by atoms with van der Waals surface area (Å²) in [4.78, 5) is 12.1. The molecule has 7 heteroatoms. The van der Waals surface area contributed by atoms with E-state index in [1.807, 2.05) is 31.6 Å². The summed E-state index contributed by atoms with van der Waals surface area (Å²) in [5.74, 6) is 0.587. The second-order valence-electron chi connectivity index (χ2n) is 6.06. The molecule has 2 aromatic rings. The zero-order chi connectivity index (χ0) is 17.9. The van der Waals surface area contributed by atoms with Crippen molar-refractivity contribution in [3.05, 3.63) is 34.8 Å². The average Bonchev–Trinajstić information content (AvgIpc) is 3.08. The Kier molecular flexibility index (Phi) is 5.42. The summed E-state index contributed by atoms with van der Waals surface area (Å²) in [7, 11) is 0. The fourth-order valence-corrected chi connectivity index (χ4v) is 2.33. The molecule has 0 aliphatic heterocycles. The molecule has 1 amide bonds. The van der Waals surface area contributed by atoms with Crippen LogP contribution in [0.3, 0.4) is 0 Å². The molecule has 0 spiro atoms. The summed E-state index contributed by atoms with van der Waals surface area (Å²) < 4.78 is 7.31. The summed E-state index contributed by atoms with van der Waals surface area (Å²) in [5, 5.41) is 19.3. The highest BCUT2D eigenvalue weighted by Crippen LogP contribution is 2.25. The zero-order valence-electron chi connectivity index (χ0n) is 14.7. The summed E-state index contributed by atoms with van der Waals surface area (Å²) in [6.45, 7) is 9.70. The van der Waals surface area contributed by atoms with Gasteiger partial charge in [0.05, 0.1) is 18.8 Å². The molecule has 0 fully saturated rings. The van der Waals surface area contributed by atoms with Crippen molar-refractivity contribution in [2.75, 3.05) is 11.9 Å². The first-order valence-corrected chi connectivity index (χ1v) is 7.87. The molecule has 0 aromatic carbocycles. The smallest absolute Gasteiger partial charge is 0.240 e. The summed E-state index contributed by atoms with van der Waals surface area (Å²) in [5.41, 5.74) is 2.21. The molecular formula is C17H23N5O2. The highest BCUT2D eigenvalue weighted by Gasteiger charge is 2.18. The third-order valence-electron chi connectivity index (χ3n) is 4.21. The number of nitrogens with zero attached hydrogens (tertiary/aromatic N) is 3. The average molecular weight is 329 g/mol. The van der Waals surface area contributed by atoms with E-state index in [4.69, 9.17) is 9.68 Å². The van der Waals surface area contributed by atoms with Crippen LogP contribution in [0.1, 0.15) is 42.3 Å². The number of carbonyl (C=O) groups excluding carboxylic acids is 1. The van der Waals surface area contributed by atoms with E-state index in [0.717, 1.165) is 11.1 Å². The van der Waals surface area contributed by atoms with Gasteiger partial charge in [0.25, 0.3) is 0 Å². The van der Waals surface area contributed by atoms with Gasteiger partial charge in [-0.25, -0.2) is 0 Å². The predicted molar refractivity (Wildman–Crippen MR) is 90.7 cm³/mol. The number of nitriles is 1. The quantitative estimate of drug-likeness (QED) is 0.848. The zero-order valence-corrected chi connectivity index (χ0v) is 14.7. The van der Waals surface area contributed by atoms with Gasteiger partial charge in [-0.3, -0.25) is 14.8 Å². The first-order valence-electron chi connectivity index (χ1n) is 7.87. The Balaban J connectivity index is 1.91. The fourth-order valence-electron chi connectivity index (χ4n) is 2.33. The van der Waals surface area contributed by atoms with E-state index in [0.29, 0.717) is 11.3 Å². The van der Waals surface area contributed by atoms with Gasteiger partial charge in [-0.2, -0.15) is 10.4 Å². The predicted octanol–water partition coefficient (Wildman–Crippen LogP) is 2.45. The van der Waals surface area contributed by atoms with E-state index in [-0.39, 0.29) is 30.4 Å². The summed E-state index contributed by atoms with van der Waals surface area (Å²) in [6.07, 6.45) is 3.78. The minimum atomic E-state index is -0.254. The molecule has 0 saturated heterocycles. The van der Waals surface area contributed by atoms with E-state index in [1.165, 1.54) is 0 Å². The van der Waals surface area contributed by atoms with Gasteiger partial charge >= 0.3 is 0 Å². The molecule has 7 nitrogen and oxygen atoms in total. The molecule has 2 aromatic heterocycles. The third-order valence-corrected chi connectivity index (χ3v) is 4.21. The molecule has 2 N–H and O–H groups in total. The lowest BCUT2D eigenvalue weighted by atomic mass is 10.1. The molecular weight excluding hydrogens is 306 g/mol. The highest BCUT2D eigenvalue weighted by atomic mass is 16.4.